The van der Waals surface area contributed by atoms with Gasteiger partial charge < -0.3 is 19.5 Å². The Morgan fingerprint density at radius 1 is 0.923 bits per heavy atom. The lowest BCUT2D eigenvalue weighted by Crippen LogP contribution is -2.46. The van der Waals surface area contributed by atoms with E-state index in [1.54, 1.807) is 0 Å². The van der Waals surface area contributed by atoms with Crippen molar-refractivity contribution in [3.63, 3.8) is 0 Å². The van der Waals surface area contributed by atoms with Crippen molar-refractivity contribution in [2.24, 2.45) is 0 Å². The Bertz CT molecular complexity index is 714. The lowest BCUT2D eigenvalue weighted by molar-refractivity contribution is 0.153. The van der Waals surface area contributed by atoms with Gasteiger partial charge in [0.2, 0.25) is 6.79 Å². The normalized spacial score (nSPS) is 18.1. The highest BCUT2D eigenvalue weighted by Gasteiger charge is 2.19. The fraction of sp³-hybridized carbons (Fsp3) is 0.429. The highest BCUT2D eigenvalue weighted by molar-refractivity contribution is 5.46. The zero-order chi connectivity index (χ0) is 17.8. The first kappa shape index (κ1) is 17.2. The van der Waals surface area contributed by atoms with Crippen molar-refractivity contribution in [3.05, 3.63) is 54.1 Å². The first-order valence-corrected chi connectivity index (χ1v) is 9.39. The van der Waals surface area contributed by atoms with Crippen molar-refractivity contribution < 1.29 is 14.6 Å². The van der Waals surface area contributed by atoms with Crippen LogP contribution in [-0.4, -0.2) is 49.5 Å². The SMILES string of the molecule is OC(CCCN1CCN(c2ccccc2)CC1)c1ccc2c(c1)OCO2. The van der Waals surface area contributed by atoms with Gasteiger partial charge in [-0.05, 0) is 49.2 Å². The number of aliphatic hydroxyl groups is 1. The van der Waals surface area contributed by atoms with Crippen molar-refractivity contribution >= 4 is 5.69 Å². The van der Waals surface area contributed by atoms with E-state index in [2.05, 4.69) is 40.1 Å². The summed E-state index contributed by atoms with van der Waals surface area (Å²) in [7, 11) is 0. The van der Waals surface area contributed by atoms with E-state index in [0.29, 0.717) is 0 Å². The van der Waals surface area contributed by atoms with Gasteiger partial charge in [0.25, 0.3) is 0 Å². The number of para-hydroxylation sites is 1. The molecule has 0 amide bonds. The molecule has 5 heteroatoms. The molecule has 1 saturated heterocycles. The molecule has 1 N–H and O–H groups in total. The lowest BCUT2D eigenvalue weighted by atomic mass is 10.0. The summed E-state index contributed by atoms with van der Waals surface area (Å²) in [5, 5.41) is 10.4. The lowest BCUT2D eigenvalue weighted by Gasteiger charge is -2.36. The third-order valence-corrected chi connectivity index (χ3v) is 5.23. The minimum atomic E-state index is -0.449. The molecule has 0 saturated carbocycles. The Labute approximate surface area is 154 Å². The van der Waals surface area contributed by atoms with Crippen molar-refractivity contribution in [2.45, 2.75) is 18.9 Å². The molecule has 1 atom stereocenters. The molecule has 2 aromatic rings. The van der Waals surface area contributed by atoms with Crippen molar-refractivity contribution in [1.82, 2.24) is 4.90 Å². The number of benzene rings is 2. The molecule has 5 nitrogen and oxygen atoms in total. The van der Waals surface area contributed by atoms with Crippen LogP contribution in [-0.2, 0) is 0 Å². The molecule has 26 heavy (non-hydrogen) atoms. The molecule has 0 aliphatic carbocycles. The first-order valence-electron chi connectivity index (χ1n) is 9.39. The minimum Gasteiger partial charge on any atom is -0.454 e. The second-order valence-corrected chi connectivity index (χ2v) is 6.93. The van der Waals surface area contributed by atoms with E-state index in [0.717, 1.165) is 62.6 Å². The number of ether oxygens (including phenoxy) is 2. The second-order valence-electron chi connectivity index (χ2n) is 6.93. The highest BCUT2D eigenvalue weighted by Crippen LogP contribution is 2.35. The van der Waals surface area contributed by atoms with E-state index in [9.17, 15) is 5.11 Å². The fourth-order valence-electron chi connectivity index (χ4n) is 3.66. The van der Waals surface area contributed by atoms with E-state index >= 15 is 0 Å². The summed E-state index contributed by atoms with van der Waals surface area (Å²) in [6.45, 7) is 5.58. The minimum absolute atomic E-state index is 0.268. The number of rotatable bonds is 6. The highest BCUT2D eigenvalue weighted by atomic mass is 16.7. The van der Waals surface area contributed by atoms with E-state index in [1.807, 2.05) is 18.2 Å². The summed E-state index contributed by atoms with van der Waals surface area (Å²) in [5.41, 5.74) is 2.22. The van der Waals surface area contributed by atoms with Crippen molar-refractivity contribution in [2.75, 3.05) is 44.4 Å². The van der Waals surface area contributed by atoms with Crippen LogP contribution in [0.2, 0.25) is 0 Å². The molecule has 0 bridgehead atoms. The van der Waals surface area contributed by atoms with Gasteiger partial charge in [0.1, 0.15) is 0 Å². The largest absolute Gasteiger partial charge is 0.454 e. The summed E-state index contributed by atoms with van der Waals surface area (Å²) in [4.78, 5) is 4.93. The van der Waals surface area contributed by atoms with Crippen LogP contribution in [0.1, 0.15) is 24.5 Å². The van der Waals surface area contributed by atoms with E-state index in [4.69, 9.17) is 9.47 Å². The maximum atomic E-state index is 10.4. The molecule has 138 valence electrons. The van der Waals surface area contributed by atoms with Gasteiger partial charge >= 0.3 is 0 Å². The summed E-state index contributed by atoms with van der Waals surface area (Å²) >= 11 is 0. The predicted octanol–water partition coefficient (Wildman–Crippen LogP) is 3.05. The third kappa shape index (κ3) is 3.94. The number of hydrogen-bond acceptors (Lipinski definition) is 5. The maximum Gasteiger partial charge on any atom is 0.231 e. The van der Waals surface area contributed by atoms with Crippen molar-refractivity contribution in [3.8, 4) is 11.5 Å². The molecule has 4 rings (SSSR count). The smallest absolute Gasteiger partial charge is 0.231 e. The Hall–Kier alpha value is -2.24. The molecule has 2 heterocycles. The van der Waals surface area contributed by atoms with Crippen LogP contribution in [0.5, 0.6) is 11.5 Å². The van der Waals surface area contributed by atoms with Crippen LogP contribution in [0.4, 0.5) is 5.69 Å². The molecule has 0 aromatic heterocycles. The average Bonchev–Trinajstić information content (AvgIpc) is 3.17. The molecule has 0 spiro atoms. The summed E-state index contributed by atoms with van der Waals surface area (Å²) in [5.74, 6) is 1.50. The summed E-state index contributed by atoms with van der Waals surface area (Å²) < 4.78 is 10.7. The Kier molecular flexibility index (Phi) is 5.27. The number of aliphatic hydroxyl groups excluding tert-OH is 1. The van der Waals surface area contributed by atoms with Gasteiger partial charge in [-0.2, -0.15) is 0 Å². The molecule has 0 radical (unpaired) electrons. The van der Waals surface area contributed by atoms with Crippen LogP contribution in [0.15, 0.2) is 48.5 Å². The van der Waals surface area contributed by atoms with Gasteiger partial charge in [-0.25, -0.2) is 0 Å². The standard InChI is InChI=1S/C21H26N2O3/c24-19(17-8-9-20-21(15-17)26-16-25-20)7-4-10-22-11-13-23(14-12-22)18-5-2-1-3-6-18/h1-3,5-6,8-9,15,19,24H,4,7,10-14,16H2. The monoisotopic (exact) mass is 354 g/mol. The van der Waals surface area contributed by atoms with Crippen LogP contribution >= 0.6 is 0 Å². The number of hydrogen-bond donors (Lipinski definition) is 1. The maximum absolute atomic E-state index is 10.4. The van der Waals surface area contributed by atoms with Gasteiger partial charge in [0.15, 0.2) is 11.5 Å². The topological polar surface area (TPSA) is 45.2 Å². The molecular weight excluding hydrogens is 328 g/mol. The number of nitrogens with zero attached hydrogens (tertiary/aromatic N) is 2. The van der Waals surface area contributed by atoms with Gasteiger partial charge in [-0.3, -0.25) is 4.90 Å². The number of piperazine rings is 1. The number of fused-ring (bicyclic) bond motifs is 1. The predicted molar refractivity (Wildman–Crippen MR) is 102 cm³/mol. The summed E-state index contributed by atoms with van der Waals surface area (Å²) in [6, 6.07) is 16.3. The summed E-state index contributed by atoms with van der Waals surface area (Å²) in [6.07, 6.45) is 1.30. The Balaban J connectivity index is 1.21. The zero-order valence-electron chi connectivity index (χ0n) is 15.0. The van der Waals surface area contributed by atoms with E-state index < -0.39 is 6.10 Å². The average molecular weight is 354 g/mol. The number of anilines is 1. The van der Waals surface area contributed by atoms with Gasteiger partial charge in [-0.15, -0.1) is 0 Å². The van der Waals surface area contributed by atoms with E-state index in [1.165, 1.54) is 5.69 Å². The molecule has 1 unspecified atom stereocenters. The third-order valence-electron chi connectivity index (χ3n) is 5.23. The quantitative estimate of drug-likeness (QED) is 0.864. The van der Waals surface area contributed by atoms with Crippen LogP contribution in [0, 0.1) is 0 Å². The van der Waals surface area contributed by atoms with Gasteiger partial charge in [-0.1, -0.05) is 24.3 Å². The van der Waals surface area contributed by atoms with Crippen LogP contribution < -0.4 is 14.4 Å². The molecule has 2 aromatic carbocycles. The van der Waals surface area contributed by atoms with Gasteiger partial charge in [0, 0.05) is 31.9 Å². The fourth-order valence-corrected chi connectivity index (χ4v) is 3.66. The second kappa shape index (κ2) is 7.98. The molecule has 1 fully saturated rings. The van der Waals surface area contributed by atoms with Gasteiger partial charge in [0.05, 0.1) is 6.10 Å². The zero-order valence-corrected chi connectivity index (χ0v) is 15.0. The Morgan fingerprint density at radius 2 is 1.69 bits per heavy atom. The van der Waals surface area contributed by atoms with Crippen molar-refractivity contribution in [1.29, 1.82) is 0 Å². The van der Waals surface area contributed by atoms with Crippen LogP contribution in [0.3, 0.4) is 0 Å². The Morgan fingerprint density at radius 3 is 2.50 bits per heavy atom. The molecule has 2 aliphatic heterocycles. The molecular formula is C21H26N2O3. The van der Waals surface area contributed by atoms with Crippen LogP contribution in [0.25, 0.3) is 0 Å². The first-order chi connectivity index (χ1) is 12.8. The molecule has 2 aliphatic rings. The van der Waals surface area contributed by atoms with E-state index in [-0.39, 0.29) is 6.79 Å².